The molecule has 0 spiro atoms. The molecule has 0 radical (unpaired) electrons. The Morgan fingerprint density at radius 1 is 1.28 bits per heavy atom. The van der Waals surface area contributed by atoms with Crippen LogP contribution in [0.1, 0.15) is 24.1 Å². The van der Waals surface area contributed by atoms with Crippen LogP contribution in [-0.4, -0.2) is 4.98 Å². The maximum absolute atomic E-state index is 13.1. The van der Waals surface area contributed by atoms with E-state index in [-0.39, 0.29) is 11.9 Å². The number of halogens is 2. The van der Waals surface area contributed by atoms with Crippen molar-refractivity contribution in [3.05, 3.63) is 57.2 Å². The molecule has 0 saturated heterocycles. The molecule has 0 bridgehead atoms. The molecule has 1 aromatic heterocycles. The number of anilines is 1. The molecule has 0 saturated carbocycles. The van der Waals surface area contributed by atoms with Gasteiger partial charge in [-0.3, -0.25) is 4.98 Å². The Bertz CT molecular complexity index is 557. The second kappa shape index (κ2) is 5.65. The molecule has 18 heavy (non-hydrogen) atoms. The molecular weight excluding hydrogens is 342 g/mol. The average Bonchev–Trinajstić information content (AvgIpc) is 2.34. The van der Waals surface area contributed by atoms with Crippen LogP contribution in [0.2, 0.25) is 0 Å². The molecule has 2 nitrogen and oxygen atoms in total. The molecule has 2 rings (SSSR count). The predicted molar refractivity (Wildman–Crippen MR) is 80.1 cm³/mol. The Morgan fingerprint density at radius 2 is 2.06 bits per heavy atom. The van der Waals surface area contributed by atoms with Crippen molar-refractivity contribution in [3.63, 3.8) is 0 Å². The van der Waals surface area contributed by atoms with E-state index in [1.165, 1.54) is 21.4 Å². The van der Waals surface area contributed by atoms with E-state index in [4.69, 9.17) is 0 Å². The zero-order valence-corrected chi connectivity index (χ0v) is 12.4. The third-order valence-corrected chi connectivity index (χ3v) is 3.47. The number of hydrogen-bond acceptors (Lipinski definition) is 2. The number of hydrogen-bond donors (Lipinski definition) is 1. The molecule has 1 atom stereocenters. The zero-order chi connectivity index (χ0) is 13.1. The molecule has 1 aromatic carbocycles. The fourth-order valence-corrected chi connectivity index (χ4v) is 2.22. The van der Waals surface area contributed by atoms with Gasteiger partial charge in [0.2, 0.25) is 0 Å². The van der Waals surface area contributed by atoms with Gasteiger partial charge in [-0.2, -0.15) is 0 Å². The lowest BCUT2D eigenvalue weighted by Crippen LogP contribution is -2.08. The average molecular weight is 356 g/mol. The third-order valence-electron chi connectivity index (χ3n) is 2.80. The van der Waals surface area contributed by atoms with Crippen molar-refractivity contribution in [2.75, 3.05) is 5.32 Å². The first kappa shape index (κ1) is 13.3. The minimum absolute atomic E-state index is 0.0186. The summed E-state index contributed by atoms with van der Waals surface area (Å²) in [6.07, 6.45) is 2.90. The van der Waals surface area contributed by atoms with E-state index in [0.717, 1.165) is 11.3 Å². The fourth-order valence-electron chi connectivity index (χ4n) is 1.73. The highest BCUT2D eigenvalue weighted by Gasteiger charge is 2.08. The lowest BCUT2D eigenvalue weighted by molar-refractivity contribution is 0.616. The van der Waals surface area contributed by atoms with Crippen LogP contribution >= 0.6 is 22.6 Å². The van der Waals surface area contributed by atoms with Gasteiger partial charge in [0.25, 0.3) is 0 Å². The summed E-state index contributed by atoms with van der Waals surface area (Å²) in [6, 6.07) is 7.74. The quantitative estimate of drug-likeness (QED) is 0.830. The van der Waals surface area contributed by atoms with Crippen molar-refractivity contribution in [2.45, 2.75) is 19.9 Å². The van der Waals surface area contributed by atoms with Gasteiger partial charge >= 0.3 is 0 Å². The minimum Gasteiger partial charge on any atom is -0.378 e. The number of nitrogens with one attached hydrogen (secondary N) is 1. The van der Waals surface area contributed by atoms with Crippen LogP contribution in [-0.2, 0) is 0 Å². The fraction of sp³-hybridized carbons (Fsp3) is 0.214. The summed E-state index contributed by atoms with van der Waals surface area (Å²) in [5.41, 5.74) is 3.08. The first-order valence-electron chi connectivity index (χ1n) is 5.69. The lowest BCUT2D eigenvalue weighted by Gasteiger charge is -2.17. The largest absolute Gasteiger partial charge is 0.378 e. The third kappa shape index (κ3) is 3.19. The first-order valence-corrected chi connectivity index (χ1v) is 6.77. The topological polar surface area (TPSA) is 24.9 Å². The van der Waals surface area contributed by atoms with Crippen molar-refractivity contribution >= 4 is 28.3 Å². The van der Waals surface area contributed by atoms with Gasteiger partial charge in [-0.1, -0.05) is 6.07 Å². The Hall–Kier alpha value is -1.17. The summed E-state index contributed by atoms with van der Waals surface area (Å²) in [6.45, 7) is 4.05. The van der Waals surface area contributed by atoms with Gasteiger partial charge in [0, 0.05) is 15.5 Å². The Morgan fingerprint density at radius 3 is 2.78 bits per heavy atom. The normalized spacial score (nSPS) is 12.2. The monoisotopic (exact) mass is 356 g/mol. The molecular formula is C14H14FIN2. The maximum Gasteiger partial charge on any atom is 0.141 e. The highest BCUT2D eigenvalue weighted by Crippen LogP contribution is 2.23. The first-order chi connectivity index (χ1) is 8.56. The van der Waals surface area contributed by atoms with Gasteiger partial charge in [0.15, 0.2) is 0 Å². The van der Waals surface area contributed by atoms with Gasteiger partial charge in [0.05, 0.1) is 12.2 Å². The van der Waals surface area contributed by atoms with Crippen molar-refractivity contribution in [1.29, 1.82) is 0 Å². The number of benzene rings is 1. The maximum atomic E-state index is 13.1. The van der Waals surface area contributed by atoms with Crippen LogP contribution in [0.3, 0.4) is 0 Å². The van der Waals surface area contributed by atoms with Crippen LogP contribution in [0.4, 0.5) is 10.1 Å². The van der Waals surface area contributed by atoms with Crippen LogP contribution in [0.15, 0.2) is 36.7 Å². The molecule has 0 aliphatic heterocycles. The standard InChI is InChI=1S/C14H14FIN2/c1-9-3-4-13(16)6-14(9)18-10(2)11-5-12(15)8-17-7-11/h3-8,10,18H,1-2H3. The number of nitrogens with zero attached hydrogens (tertiary/aromatic N) is 1. The number of pyridine rings is 1. The number of aromatic nitrogens is 1. The highest BCUT2D eigenvalue weighted by atomic mass is 127. The smallest absolute Gasteiger partial charge is 0.141 e. The Labute approximate surface area is 120 Å². The second-order valence-electron chi connectivity index (χ2n) is 4.26. The van der Waals surface area contributed by atoms with Crippen LogP contribution in [0.5, 0.6) is 0 Å². The van der Waals surface area contributed by atoms with E-state index in [2.05, 4.69) is 58.0 Å². The van der Waals surface area contributed by atoms with E-state index < -0.39 is 0 Å². The summed E-state index contributed by atoms with van der Waals surface area (Å²) in [4.78, 5) is 3.87. The van der Waals surface area contributed by atoms with Crippen molar-refractivity contribution in [3.8, 4) is 0 Å². The molecule has 4 heteroatoms. The molecule has 1 unspecified atom stereocenters. The molecule has 0 aliphatic rings. The summed E-state index contributed by atoms with van der Waals surface area (Å²) in [5, 5.41) is 3.38. The molecule has 1 heterocycles. The summed E-state index contributed by atoms with van der Waals surface area (Å²) < 4.78 is 14.3. The van der Waals surface area contributed by atoms with E-state index in [1.807, 2.05) is 6.92 Å². The van der Waals surface area contributed by atoms with E-state index in [0.29, 0.717) is 0 Å². The van der Waals surface area contributed by atoms with Crippen LogP contribution in [0, 0.1) is 16.3 Å². The summed E-state index contributed by atoms with van der Waals surface area (Å²) in [5.74, 6) is -0.305. The van der Waals surface area contributed by atoms with Gasteiger partial charge in [-0.15, -0.1) is 0 Å². The zero-order valence-electron chi connectivity index (χ0n) is 10.2. The lowest BCUT2D eigenvalue weighted by atomic mass is 10.1. The van der Waals surface area contributed by atoms with E-state index in [9.17, 15) is 4.39 Å². The van der Waals surface area contributed by atoms with Gasteiger partial charge in [-0.25, -0.2) is 4.39 Å². The van der Waals surface area contributed by atoms with Crippen LogP contribution < -0.4 is 5.32 Å². The van der Waals surface area contributed by atoms with Crippen molar-refractivity contribution < 1.29 is 4.39 Å². The van der Waals surface area contributed by atoms with E-state index in [1.54, 1.807) is 6.20 Å². The SMILES string of the molecule is Cc1ccc(I)cc1NC(C)c1cncc(F)c1. The Balaban J connectivity index is 2.21. The molecule has 0 amide bonds. The molecule has 0 aliphatic carbocycles. The highest BCUT2D eigenvalue weighted by molar-refractivity contribution is 14.1. The minimum atomic E-state index is -0.305. The van der Waals surface area contributed by atoms with Crippen molar-refractivity contribution in [1.82, 2.24) is 4.98 Å². The number of rotatable bonds is 3. The molecule has 1 N–H and O–H groups in total. The molecule has 2 aromatic rings. The van der Waals surface area contributed by atoms with E-state index >= 15 is 0 Å². The number of aryl methyl sites for hydroxylation is 1. The van der Waals surface area contributed by atoms with Gasteiger partial charge < -0.3 is 5.32 Å². The summed E-state index contributed by atoms with van der Waals surface area (Å²) >= 11 is 2.28. The second-order valence-corrected chi connectivity index (χ2v) is 5.51. The summed E-state index contributed by atoms with van der Waals surface area (Å²) in [7, 11) is 0. The Kier molecular flexibility index (Phi) is 4.16. The molecule has 0 fully saturated rings. The molecule has 94 valence electrons. The van der Waals surface area contributed by atoms with Crippen molar-refractivity contribution in [2.24, 2.45) is 0 Å². The van der Waals surface area contributed by atoms with Crippen LogP contribution in [0.25, 0.3) is 0 Å². The van der Waals surface area contributed by atoms with Gasteiger partial charge in [-0.05, 0) is 65.8 Å². The van der Waals surface area contributed by atoms with Gasteiger partial charge in [0.1, 0.15) is 5.82 Å². The predicted octanol–water partition coefficient (Wildman–Crippen LogP) is 4.31.